The molecule has 4 N–H and O–H groups in total. The molecule has 6 heteroatoms. The Bertz CT molecular complexity index is 592. The van der Waals surface area contributed by atoms with Gasteiger partial charge >= 0.3 is 11.8 Å². The summed E-state index contributed by atoms with van der Waals surface area (Å²) in [6.45, 7) is 12.8. The maximum Gasteiger partial charge on any atom is 0.380 e. The van der Waals surface area contributed by atoms with Gasteiger partial charge in [0.15, 0.2) is 6.10 Å². The molecule has 3 unspecified atom stereocenters. The van der Waals surface area contributed by atoms with E-state index in [0.29, 0.717) is 11.1 Å². The molecule has 0 aliphatic rings. The van der Waals surface area contributed by atoms with E-state index in [9.17, 15) is 25.2 Å². The number of carbonyl (C=O) groups is 1. The highest BCUT2D eigenvalue weighted by Crippen LogP contribution is 2.41. The molecule has 0 aromatic heterocycles. The molecule has 0 saturated heterocycles. The second kappa shape index (κ2) is 6.94. The molecule has 1 rings (SSSR count). The van der Waals surface area contributed by atoms with Crippen LogP contribution in [0.2, 0.25) is 0 Å². The Hall–Kier alpha value is -1.63. The standard InChI is InChI=1S/C19H30O6/c1-11(20)15(21)19(24,16(22)23)25-14-12(17(2,3)4)9-8-10-13(14)18(5,6)7/h8-11,15,20-21,24H,1-7H3,(H,22,23). The van der Waals surface area contributed by atoms with E-state index in [1.165, 1.54) is 6.92 Å². The number of aliphatic hydroxyl groups is 3. The van der Waals surface area contributed by atoms with E-state index in [0.717, 1.165) is 0 Å². The molecule has 0 saturated carbocycles. The Balaban J connectivity index is 3.66. The number of aliphatic hydroxyl groups excluding tert-OH is 2. The van der Waals surface area contributed by atoms with Gasteiger partial charge in [-0.25, -0.2) is 4.79 Å². The van der Waals surface area contributed by atoms with Crippen molar-refractivity contribution in [2.45, 2.75) is 77.3 Å². The average molecular weight is 354 g/mol. The fourth-order valence-electron chi connectivity index (χ4n) is 2.54. The van der Waals surface area contributed by atoms with Crippen LogP contribution >= 0.6 is 0 Å². The fourth-order valence-corrected chi connectivity index (χ4v) is 2.54. The first kappa shape index (κ1) is 21.4. The Labute approximate surface area is 149 Å². The first-order valence-corrected chi connectivity index (χ1v) is 8.27. The number of carboxylic acids is 1. The minimum absolute atomic E-state index is 0.201. The minimum atomic E-state index is -2.98. The van der Waals surface area contributed by atoms with Gasteiger partial charge in [0.2, 0.25) is 0 Å². The van der Waals surface area contributed by atoms with Crippen LogP contribution in [0.3, 0.4) is 0 Å². The fraction of sp³-hybridized carbons (Fsp3) is 0.632. The van der Waals surface area contributed by atoms with Crippen molar-refractivity contribution >= 4 is 5.97 Å². The molecule has 3 atom stereocenters. The molecule has 1 aromatic rings. The maximum atomic E-state index is 11.6. The van der Waals surface area contributed by atoms with Crippen LogP contribution in [-0.4, -0.2) is 44.4 Å². The quantitative estimate of drug-likeness (QED) is 0.604. The first-order valence-electron chi connectivity index (χ1n) is 8.27. The Morgan fingerprint density at radius 3 is 1.68 bits per heavy atom. The van der Waals surface area contributed by atoms with Crippen LogP contribution < -0.4 is 4.74 Å². The lowest BCUT2D eigenvalue weighted by Crippen LogP contribution is -2.58. The normalized spacial score (nSPS) is 17.5. The van der Waals surface area contributed by atoms with Gasteiger partial charge in [0.05, 0.1) is 6.10 Å². The molecular weight excluding hydrogens is 324 g/mol. The molecular formula is C19H30O6. The van der Waals surface area contributed by atoms with Gasteiger partial charge in [0.1, 0.15) is 5.75 Å². The summed E-state index contributed by atoms with van der Waals surface area (Å²) in [5.74, 6) is -4.55. The molecule has 0 aliphatic carbocycles. The zero-order valence-electron chi connectivity index (χ0n) is 16.0. The molecule has 0 radical (unpaired) electrons. The number of aliphatic carboxylic acids is 1. The molecule has 0 spiro atoms. The van der Waals surface area contributed by atoms with Crippen molar-refractivity contribution in [1.82, 2.24) is 0 Å². The topological polar surface area (TPSA) is 107 Å². The number of benzene rings is 1. The molecule has 0 bridgehead atoms. The Morgan fingerprint density at radius 2 is 1.40 bits per heavy atom. The largest absolute Gasteiger partial charge is 0.476 e. The maximum absolute atomic E-state index is 11.6. The highest BCUT2D eigenvalue weighted by atomic mass is 16.7. The SMILES string of the molecule is CC(O)C(O)C(O)(Oc1c(C(C)(C)C)cccc1C(C)(C)C)C(=O)O. The van der Waals surface area contributed by atoms with E-state index in [-0.39, 0.29) is 5.75 Å². The van der Waals surface area contributed by atoms with E-state index in [1.807, 2.05) is 47.6 Å². The summed E-state index contributed by atoms with van der Waals surface area (Å²) in [7, 11) is 0. The number of rotatable bonds is 5. The third-order valence-corrected chi connectivity index (χ3v) is 4.05. The summed E-state index contributed by atoms with van der Waals surface area (Å²) in [6.07, 6.45) is -3.52. The highest BCUT2D eigenvalue weighted by Gasteiger charge is 2.50. The zero-order valence-corrected chi connectivity index (χ0v) is 16.0. The summed E-state index contributed by atoms with van der Waals surface area (Å²) in [5, 5.41) is 39.6. The second-order valence-corrected chi connectivity index (χ2v) is 8.47. The van der Waals surface area contributed by atoms with Gasteiger partial charge in [-0.2, -0.15) is 0 Å². The summed E-state index contributed by atoms with van der Waals surface area (Å²) < 4.78 is 5.55. The van der Waals surface area contributed by atoms with Crippen LogP contribution in [0.25, 0.3) is 0 Å². The van der Waals surface area contributed by atoms with Gasteiger partial charge in [-0.1, -0.05) is 59.7 Å². The summed E-state index contributed by atoms with van der Waals surface area (Å²) in [6, 6.07) is 5.43. The van der Waals surface area contributed by atoms with E-state index in [1.54, 1.807) is 12.1 Å². The lowest BCUT2D eigenvalue weighted by molar-refractivity contribution is -0.238. The lowest BCUT2D eigenvalue weighted by Gasteiger charge is -2.36. The zero-order chi connectivity index (χ0) is 19.8. The van der Waals surface area contributed by atoms with Gasteiger partial charge in [-0.3, -0.25) is 0 Å². The van der Waals surface area contributed by atoms with Crippen LogP contribution in [0.4, 0.5) is 0 Å². The van der Waals surface area contributed by atoms with Crippen LogP contribution in [0.5, 0.6) is 5.75 Å². The molecule has 0 amide bonds. The van der Waals surface area contributed by atoms with Crippen molar-refractivity contribution in [3.8, 4) is 5.75 Å². The van der Waals surface area contributed by atoms with E-state index in [2.05, 4.69) is 0 Å². The van der Waals surface area contributed by atoms with Crippen molar-refractivity contribution in [2.24, 2.45) is 0 Å². The van der Waals surface area contributed by atoms with Crippen molar-refractivity contribution in [3.05, 3.63) is 29.3 Å². The van der Waals surface area contributed by atoms with Crippen LogP contribution in [0.15, 0.2) is 18.2 Å². The van der Waals surface area contributed by atoms with Crippen molar-refractivity contribution < 1.29 is 30.0 Å². The van der Waals surface area contributed by atoms with Crippen LogP contribution in [-0.2, 0) is 15.6 Å². The van der Waals surface area contributed by atoms with Crippen LogP contribution in [0, 0.1) is 0 Å². The smallest absolute Gasteiger partial charge is 0.380 e. The number of para-hydroxylation sites is 1. The number of carboxylic acid groups (broad SMARTS) is 1. The molecule has 0 heterocycles. The predicted octanol–water partition coefficient (Wildman–Crippen LogP) is 2.18. The Kier molecular flexibility index (Phi) is 5.94. The third kappa shape index (κ3) is 4.51. The van der Waals surface area contributed by atoms with Gasteiger partial charge < -0.3 is 25.2 Å². The lowest BCUT2D eigenvalue weighted by atomic mass is 9.79. The van der Waals surface area contributed by atoms with E-state index >= 15 is 0 Å². The molecule has 6 nitrogen and oxygen atoms in total. The van der Waals surface area contributed by atoms with Crippen molar-refractivity contribution in [2.75, 3.05) is 0 Å². The highest BCUT2D eigenvalue weighted by molar-refractivity contribution is 5.77. The van der Waals surface area contributed by atoms with E-state index < -0.39 is 34.8 Å². The van der Waals surface area contributed by atoms with Gasteiger partial charge in [0.25, 0.3) is 0 Å². The van der Waals surface area contributed by atoms with Crippen molar-refractivity contribution in [3.63, 3.8) is 0 Å². The summed E-state index contributed by atoms with van der Waals surface area (Å²) >= 11 is 0. The van der Waals surface area contributed by atoms with Gasteiger partial charge in [-0.15, -0.1) is 0 Å². The van der Waals surface area contributed by atoms with Crippen LogP contribution in [0.1, 0.15) is 59.6 Å². The molecule has 142 valence electrons. The predicted molar refractivity (Wildman–Crippen MR) is 94.7 cm³/mol. The summed E-state index contributed by atoms with van der Waals surface area (Å²) in [5.41, 5.74) is 0.590. The van der Waals surface area contributed by atoms with Crippen molar-refractivity contribution in [1.29, 1.82) is 0 Å². The third-order valence-electron chi connectivity index (χ3n) is 4.05. The summed E-state index contributed by atoms with van der Waals surface area (Å²) in [4.78, 5) is 11.6. The molecule has 25 heavy (non-hydrogen) atoms. The van der Waals surface area contributed by atoms with Gasteiger partial charge in [0, 0.05) is 0 Å². The molecule has 0 aliphatic heterocycles. The number of hydrogen-bond acceptors (Lipinski definition) is 5. The monoisotopic (exact) mass is 354 g/mol. The minimum Gasteiger partial charge on any atom is -0.476 e. The van der Waals surface area contributed by atoms with E-state index in [4.69, 9.17) is 4.74 Å². The number of hydrogen-bond donors (Lipinski definition) is 4. The number of ether oxygens (including phenoxy) is 1. The Morgan fingerprint density at radius 1 is 1.00 bits per heavy atom. The second-order valence-electron chi connectivity index (χ2n) is 8.47. The first-order chi connectivity index (χ1) is 11.1. The average Bonchev–Trinajstić information content (AvgIpc) is 2.43. The molecule has 1 aromatic carbocycles. The van der Waals surface area contributed by atoms with Gasteiger partial charge in [-0.05, 0) is 28.9 Å². The molecule has 0 fully saturated rings.